The predicted molar refractivity (Wildman–Crippen MR) is 182 cm³/mol. The Labute approximate surface area is 277 Å². The first-order valence-electron chi connectivity index (χ1n) is 17.6. The second-order valence-corrected chi connectivity index (χ2v) is 14.0. The van der Waals surface area contributed by atoms with Crippen LogP contribution in [0.5, 0.6) is 0 Å². The third-order valence-corrected chi connectivity index (χ3v) is 9.43. The largest absolute Gasteiger partial charge is 0.455 e. The Hall–Kier alpha value is -3.17. The van der Waals surface area contributed by atoms with E-state index in [1.54, 1.807) is 13.1 Å². The highest BCUT2D eigenvalue weighted by Crippen LogP contribution is 2.38. The number of hydrogen-bond donors (Lipinski definition) is 4. The van der Waals surface area contributed by atoms with Crippen LogP contribution in [0.25, 0.3) is 0 Å². The van der Waals surface area contributed by atoms with Gasteiger partial charge in [0.05, 0.1) is 0 Å². The van der Waals surface area contributed by atoms with Crippen LogP contribution in [-0.4, -0.2) is 61.1 Å². The van der Waals surface area contributed by atoms with Gasteiger partial charge in [-0.25, -0.2) is 9.59 Å². The van der Waals surface area contributed by atoms with E-state index in [2.05, 4.69) is 67.8 Å². The fourth-order valence-electron chi connectivity index (χ4n) is 6.72. The molecular weight excluding hydrogens is 582 g/mol. The van der Waals surface area contributed by atoms with Gasteiger partial charge in [0.2, 0.25) is 5.91 Å². The highest BCUT2D eigenvalue weighted by Gasteiger charge is 2.36. The summed E-state index contributed by atoms with van der Waals surface area (Å²) in [5, 5.41) is 10.9. The number of amides is 4. The number of nitrogens with zero attached hydrogens (tertiary/aromatic N) is 1. The van der Waals surface area contributed by atoms with Crippen LogP contribution in [0.15, 0.2) is 24.4 Å². The summed E-state index contributed by atoms with van der Waals surface area (Å²) < 4.78 is 5.40. The summed E-state index contributed by atoms with van der Waals surface area (Å²) in [6.07, 6.45) is 10.2. The van der Waals surface area contributed by atoms with Crippen LogP contribution in [-0.2, 0) is 25.5 Å². The Morgan fingerprint density at radius 3 is 2.09 bits per heavy atom. The number of urea groups is 1. The molecule has 2 aliphatic carbocycles. The molecule has 4 N–H and O–H groups in total. The number of carbonyl (C=O) groups is 4. The molecule has 1 aromatic rings. The molecule has 10 nitrogen and oxygen atoms in total. The number of rotatable bonds is 8. The van der Waals surface area contributed by atoms with Crippen LogP contribution >= 0.6 is 0 Å². The second kappa shape index (κ2) is 20.9. The van der Waals surface area contributed by atoms with Gasteiger partial charge in [0.15, 0.2) is 0 Å². The Morgan fingerprint density at radius 1 is 0.913 bits per heavy atom. The fourth-order valence-corrected chi connectivity index (χ4v) is 6.72. The standard InChI is InChI=1S/C18H28N2O.C14H25NO3.C4H8N2O/c1-13(2)16-8-7-14(3)12-17(16)18(21)20-11-9-15-6-4-5-10-19-15;1-5-15-13(16)14(17)18-12-8-10(4)6-7-11(12)9(2)3;7-4-5-2-1-3-6-4/h4-6,10,13-14,16-17H,7-9,11-12H2,1-3H3,(H,20,21);9-12H,5-8H2,1-4H3,(H,15,16);1-3H2,(H2,5,6,7)/t;10-,11+,12-;/m.1./s1. The van der Waals surface area contributed by atoms with E-state index in [0.29, 0.717) is 48.6 Å². The molecule has 1 aliphatic heterocycles. The Balaban J connectivity index is 0.000000267. The average molecular weight is 644 g/mol. The average Bonchev–Trinajstić information content (AvgIpc) is 3.02. The first-order chi connectivity index (χ1) is 21.9. The molecule has 2 saturated carbocycles. The van der Waals surface area contributed by atoms with Crippen molar-refractivity contribution in [3.05, 3.63) is 30.1 Å². The molecule has 1 aromatic heterocycles. The topological polar surface area (TPSA) is 139 Å². The van der Waals surface area contributed by atoms with Gasteiger partial charge in [-0.2, -0.15) is 0 Å². The van der Waals surface area contributed by atoms with Gasteiger partial charge in [0.25, 0.3) is 0 Å². The van der Waals surface area contributed by atoms with Gasteiger partial charge in [-0.1, -0.05) is 60.5 Å². The van der Waals surface area contributed by atoms with Gasteiger partial charge in [-0.15, -0.1) is 0 Å². The predicted octanol–water partition coefficient (Wildman–Crippen LogP) is 5.26. The molecule has 0 spiro atoms. The normalized spacial score (nSPS) is 25.8. The SMILES string of the molecule is CC1CCC(C(C)C)C(C(=O)NCCc2ccccn2)C1.CCNC(=O)C(=O)O[C@@H]1C[C@H](C)CC[C@H]1C(C)C.O=C1NCCCN1. The van der Waals surface area contributed by atoms with E-state index in [4.69, 9.17) is 4.74 Å². The fraction of sp³-hybridized carbons (Fsp3) is 0.750. The Kier molecular flexibility index (Phi) is 17.7. The van der Waals surface area contributed by atoms with Gasteiger partial charge in [-0.05, 0) is 86.7 Å². The van der Waals surface area contributed by atoms with Crippen molar-refractivity contribution in [3.8, 4) is 0 Å². The maximum atomic E-state index is 12.5. The van der Waals surface area contributed by atoms with E-state index in [0.717, 1.165) is 50.9 Å². The summed E-state index contributed by atoms with van der Waals surface area (Å²) in [5.41, 5.74) is 1.04. The van der Waals surface area contributed by atoms with E-state index < -0.39 is 11.9 Å². The minimum Gasteiger partial charge on any atom is -0.455 e. The van der Waals surface area contributed by atoms with Gasteiger partial charge in [0.1, 0.15) is 6.10 Å². The molecule has 3 unspecified atom stereocenters. The van der Waals surface area contributed by atoms with Crippen molar-refractivity contribution in [2.75, 3.05) is 26.2 Å². The lowest BCUT2D eigenvalue weighted by molar-refractivity contribution is -0.164. The van der Waals surface area contributed by atoms with E-state index in [1.165, 1.54) is 19.3 Å². The summed E-state index contributed by atoms with van der Waals surface area (Å²) in [7, 11) is 0. The van der Waals surface area contributed by atoms with Crippen molar-refractivity contribution in [2.24, 2.45) is 41.4 Å². The van der Waals surface area contributed by atoms with E-state index >= 15 is 0 Å². The molecule has 1 saturated heterocycles. The number of pyridine rings is 1. The number of hydrogen-bond acceptors (Lipinski definition) is 6. The van der Waals surface area contributed by atoms with Crippen LogP contribution in [0.3, 0.4) is 0 Å². The number of likely N-dealkylation sites (N-methyl/N-ethyl adjacent to an activating group) is 1. The zero-order chi connectivity index (χ0) is 34.1. The molecule has 0 bridgehead atoms. The molecule has 2 heterocycles. The summed E-state index contributed by atoms with van der Waals surface area (Å²) in [6.45, 7) is 17.8. The number of aromatic nitrogens is 1. The van der Waals surface area contributed by atoms with Crippen molar-refractivity contribution in [1.29, 1.82) is 0 Å². The van der Waals surface area contributed by atoms with Crippen LogP contribution in [0.2, 0.25) is 0 Å². The lowest BCUT2D eigenvalue weighted by Crippen LogP contribution is -2.42. The van der Waals surface area contributed by atoms with Crippen LogP contribution in [0, 0.1) is 41.4 Å². The molecule has 46 heavy (non-hydrogen) atoms. The first-order valence-corrected chi connectivity index (χ1v) is 17.6. The third-order valence-electron chi connectivity index (χ3n) is 9.43. The number of ether oxygens (including phenoxy) is 1. The zero-order valence-corrected chi connectivity index (χ0v) is 29.4. The number of carbonyl (C=O) groups excluding carboxylic acids is 4. The molecule has 3 fully saturated rings. The number of esters is 1. The van der Waals surface area contributed by atoms with Crippen LogP contribution in [0.4, 0.5) is 4.79 Å². The lowest BCUT2D eigenvalue weighted by atomic mass is 9.70. The van der Waals surface area contributed by atoms with Crippen molar-refractivity contribution >= 4 is 23.8 Å². The van der Waals surface area contributed by atoms with E-state index in [9.17, 15) is 19.2 Å². The molecular formula is C36H61N5O5. The quantitative estimate of drug-likeness (QED) is 0.225. The Morgan fingerprint density at radius 2 is 1.54 bits per heavy atom. The zero-order valence-electron chi connectivity index (χ0n) is 29.4. The van der Waals surface area contributed by atoms with Gasteiger partial charge in [-0.3, -0.25) is 14.6 Å². The number of nitrogens with one attached hydrogen (secondary N) is 4. The van der Waals surface area contributed by atoms with Crippen LogP contribution < -0.4 is 21.3 Å². The van der Waals surface area contributed by atoms with Crippen molar-refractivity contribution in [1.82, 2.24) is 26.3 Å². The van der Waals surface area contributed by atoms with E-state index in [-0.39, 0.29) is 24.0 Å². The monoisotopic (exact) mass is 643 g/mol. The molecule has 0 aromatic carbocycles. The summed E-state index contributed by atoms with van der Waals surface area (Å²) in [6, 6.07) is 5.87. The van der Waals surface area contributed by atoms with E-state index in [1.807, 2.05) is 18.2 Å². The minimum absolute atomic E-state index is 0.0359. The molecule has 0 radical (unpaired) electrons. The van der Waals surface area contributed by atoms with Crippen LogP contribution in [0.1, 0.15) is 99.1 Å². The Bertz CT molecular complexity index is 1060. The maximum Gasteiger partial charge on any atom is 0.397 e. The molecule has 4 rings (SSSR count). The van der Waals surface area contributed by atoms with Crippen molar-refractivity contribution in [2.45, 2.75) is 106 Å². The lowest BCUT2D eigenvalue weighted by Gasteiger charge is -2.36. The smallest absolute Gasteiger partial charge is 0.397 e. The van der Waals surface area contributed by atoms with Gasteiger partial charge in [0, 0.05) is 50.4 Å². The maximum absolute atomic E-state index is 12.5. The van der Waals surface area contributed by atoms with Crippen molar-refractivity contribution < 1.29 is 23.9 Å². The molecule has 4 amide bonds. The summed E-state index contributed by atoms with van der Waals surface area (Å²) in [5.74, 6) is 2.29. The van der Waals surface area contributed by atoms with Gasteiger partial charge >= 0.3 is 17.9 Å². The highest BCUT2D eigenvalue weighted by molar-refractivity contribution is 6.32. The summed E-state index contributed by atoms with van der Waals surface area (Å²) >= 11 is 0. The first kappa shape index (κ1) is 39.0. The van der Waals surface area contributed by atoms with Crippen molar-refractivity contribution in [3.63, 3.8) is 0 Å². The molecule has 3 aliphatic rings. The minimum atomic E-state index is -0.735. The summed E-state index contributed by atoms with van der Waals surface area (Å²) in [4.78, 5) is 50.1. The highest BCUT2D eigenvalue weighted by atomic mass is 16.5. The third kappa shape index (κ3) is 14.1. The van der Waals surface area contributed by atoms with Gasteiger partial charge < -0.3 is 26.0 Å². The molecule has 10 heteroatoms. The molecule has 260 valence electrons. The second-order valence-electron chi connectivity index (χ2n) is 14.0. The molecule has 6 atom stereocenters.